The van der Waals surface area contributed by atoms with Crippen LogP contribution in [0.4, 0.5) is 0 Å². The van der Waals surface area contributed by atoms with Gasteiger partial charge in [0.1, 0.15) is 11.4 Å². The number of hydrogen-bond acceptors (Lipinski definition) is 1. The second kappa shape index (κ2) is 9.84. The summed E-state index contributed by atoms with van der Waals surface area (Å²) < 4.78 is 6.17. The van der Waals surface area contributed by atoms with Crippen LogP contribution in [-0.2, 0) is 16.2 Å². The smallest absolute Gasteiger partial charge is 0.120 e. The van der Waals surface area contributed by atoms with Crippen molar-refractivity contribution in [3.05, 3.63) is 101 Å². The fourth-order valence-corrected chi connectivity index (χ4v) is 4.50. The van der Waals surface area contributed by atoms with Crippen LogP contribution < -0.4 is 4.74 Å². The zero-order chi connectivity index (χ0) is 26.1. The number of hydrogen-bond donors (Lipinski definition) is 0. The molecule has 1 nitrogen and oxygen atoms in total. The molecule has 0 aromatic heterocycles. The van der Waals surface area contributed by atoms with Crippen molar-refractivity contribution < 1.29 is 4.74 Å². The summed E-state index contributed by atoms with van der Waals surface area (Å²) in [6.45, 7) is 22.6. The van der Waals surface area contributed by atoms with Crippen molar-refractivity contribution in [1.82, 2.24) is 0 Å². The Morgan fingerprint density at radius 1 is 0.514 bits per heavy atom. The minimum Gasteiger partial charge on any atom is -0.488 e. The maximum absolute atomic E-state index is 6.17. The molecule has 0 radical (unpaired) electrons. The highest BCUT2D eigenvalue weighted by Gasteiger charge is 2.28. The monoisotopic (exact) mass is 470 g/mol. The highest BCUT2D eigenvalue weighted by atomic mass is 16.5. The molecule has 3 rings (SSSR count). The number of benzene rings is 3. The molecule has 0 bridgehead atoms. The summed E-state index contributed by atoms with van der Waals surface area (Å²) in [6, 6.07) is 27.1. The van der Waals surface area contributed by atoms with E-state index in [9.17, 15) is 0 Å². The van der Waals surface area contributed by atoms with Gasteiger partial charge in [0, 0.05) is 10.8 Å². The van der Waals surface area contributed by atoms with Crippen LogP contribution in [0.15, 0.2) is 72.8 Å². The Morgan fingerprint density at radius 3 is 1.37 bits per heavy atom. The maximum Gasteiger partial charge on any atom is 0.120 e. The SMILES string of the molecule is CCC(C)(C)Oc1ccc(C(C)(C)c2cccc(C(C)(C)c3ccc(C(C)(C)CC)cc3)c2)cc1. The quantitative estimate of drug-likeness (QED) is 0.302. The Morgan fingerprint density at radius 2 is 0.943 bits per heavy atom. The molecule has 188 valence electrons. The number of rotatable bonds is 9. The maximum atomic E-state index is 6.17. The summed E-state index contributed by atoms with van der Waals surface area (Å²) in [5, 5.41) is 0. The average Bonchev–Trinajstić information content (AvgIpc) is 2.84. The minimum absolute atomic E-state index is 0.0790. The summed E-state index contributed by atoms with van der Waals surface area (Å²) in [5.74, 6) is 0.931. The molecule has 0 aliphatic rings. The summed E-state index contributed by atoms with van der Waals surface area (Å²) >= 11 is 0. The van der Waals surface area contributed by atoms with E-state index < -0.39 is 0 Å². The molecule has 3 aromatic carbocycles. The predicted molar refractivity (Wildman–Crippen MR) is 152 cm³/mol. The molecule has 0 atom stereocenters. The molecule has 0 spiro atoms. The van der Waals surface area contributed by atoms with Crippen molar-refractivity contribution >= 4 is 0 Å². The topological polar surface area (TPSA) is 9.23 Å². The summed E-state index contributed by atoms with van der Waals surface area (Å²) in [5.41, 5.74) is 6.59. The standard InChI is InChI=1S/C34H46O/c1-11-31(3,4)25-16-18-26(19-17-25)33(7,8)28-14-13-15-29(24-28)34(9,10)27-20-22-30(23-21-27)35-32(5,6)12-2/h13-24H,11-12H2,1-10H3. The molecule has 0 amide bonds. The van der Waals surface area contributed by atoms with Gasteiger partial charge >= 0.3 is 0 Å². The molecule has 35 heavy (non-hydrogen) atoms. The van der Waals surface area contributed by atoms with Crippen LogP contribution in [0.3, 0.4) is 0 Å². The molecule has 0 aliphatic heterocycles. The van der Waals surface area contributed by atoms with E-state index in [-0.39, 0.29) is 21.8 Å². The van der Waals surface area contributed by atoms with E-state index in [1.165, 1.54) is 27.8 Å². The summed E-state index contributed by atoms with van der Waals surface area (Å²) in [6.07, 6.45) is 2.11. The second-order valence-electron chi connectivity index (χ2n) is 12.4. The Balaban J connectivity index is 1.89. The summed E-state index contributed by atoms with van der Waals surface area (Å²) in [7, 11) is 0. The largest absolute Gasteiger partial charge is 0.488 e. The Labute approximate surface area is 214 Å². The third-order valence-electron chi connectivity index (χ3n) is 8.40. The lowest BCUT2D eigenvalue weighted by atomic mass is 9.73. The lowest BCUT2D eigenvalue weighted by molar-refractivity contribution is 0.105. The highest BCUT2D eigenvalue weighted by molar-refractivity contribution is 5.46. The minimum atomic E-state index is -0.151. The van der Waals surface area contributed by atoms with Crippen molar-refractivity contribution in [3.63, 3.8) is 0 Å². The normalized spacial score (nSPS) is 13.1. The molecule has 3 aromatic rings. The van der Waals surface area contributed by atoms with Gasteiger partial charge < -0.3 is 4.74 Å². The lowest BCUT2D eigenvalue weighted by Crippen LogP contribution is -2.27. The van der Waals surface area contributed by atoms with Gasteiger partial charge in [0.15, 0.2) is 0 Å². The van der Waals surface area contributed by atoms with Gasteiger partial charge in [-0.15, -0.1) is 0 Å². The van der Waals surface area contributed by atoms with E-state index in [1.54, 1.807) is 0 Å². The van der Waals surface area contributed by atoms with Crippen LogP contribution in [0.2, 0.25) is 0 Å². The van der Waals surface area contributed by atoms with Gasteiger partial charge in [0.2, 0.25) is 0 Å². The van der Waals surface area contributed by atoms with Crippen molar-refractivity contribution in [2.24, 2.45) is 0 Å². The second-order valence-corrected chi connectivity index (χ2v) is 12.4. The molecular formula is C34H46O. The first-order valence-electron chi connectivity index (χ1n) is 13.2. The Hall–Kier alpha value is -2.54. The lowest BCUT2D eigenvalue weighted by Gasteiger charge is -2.32. The third-order valence-corrected chi connectivity index (χ3v) is 8.40. The van der Waals surface area contributed by atoms with E-state index in [4.69, 9.17) is 4.74 Å². The van der Waals surface area contributed by atoms with Crippen molar-refractivity contribution in [2.45, 2.75) is 104 Å². The van der Waals surface area contributed by atoms with Gasteiger partial charge in [0.25, 0.3) is 0 Å². The van der Waals surface area contributed by atoms with Crippen LogP contribution in [0, 0.1) is 0 Å². The Bertz CT molecular complexity index is 1110. The zero-order valence-electron chi connectivity index (χ0n) is 23.8. The molecule has 0 aliphatic carbocycles. The van der Waals surface area contributed by atoms with E-state index >= 15 is 0 Å². The number of ether oxygens (including phenoxy) is 1. The first-order chi connectivity index (χ1) is 16.2. The summed E-state index contributed by atoms with van der Waals surface area (Å²) in [4.78, 5) is 0. The van der Waals surface area contributed by atoms with E-state index in [1.807, 2.05) is 0 Å². The first kappa shape index (κ1) is 27.1. The van der Waals surface area contributed by atoms with Gasteiger partial charge in [-0.3, -0.25) is 0 Å². The van der Waals surface area contributed by atoms with Crippen LogP contribution in [0.1, 0.15) is 110 Å². The molecule has 0 saturated carbocycles. The Kier molecular flexibility index (Phi) is 7.61. The van der Waals surface area contributed by atoms with Crippen molar-refractivity contribution in [2.75, 3.05) is 0 Å². The first-order valence-corrected chi connectivity index (χ1v) is 13.2. The van der Waals surface area contributed by atoms with Gasteiger partial charge in [-0.05, 0) is 72.1 Å². The molecule has 1 heteroatoms. The van der Waals surface area contributed by atoms with Crippen molar-refractivity contribution in [3.8, 4) is 5.75 Å². The van der Waals surface area contributed by atoms with E-state index in [0.717, 1.165) is 18.6 Å². The molecule has 0 unspecified atom stereocenters. The van der Waals surface area contributed by atoms with Gasteiger partial charge in [-0.1, -0.05) is 116 Å². The molecule has 0 N–H and O–H groups in total. The molecule has 0 saturated heterocycles. The van der Waals surface area contributed by atoms with Crippen LogP contribution in [0.5, 0.6) is 5.75 Å². The van der Waals surface area contributed by atoms with Gasteiger partial charge in [-0.25, -0.2) is 0 Å². The third kappa shape index (κ3) is 5.83. The van der Waals surface area contributed by atoms with Gasteiger partial charge in [-0.2, -0.15) is 0 Å². The predicted octanol–water partition coefficient (Wildman–Crippen LogP) is 9.59. The van der Waals surface area contributed by atoms with Crippen LogP contribution in [0.25, 0.3) is 0 Å². The molecular weight excluding hydrogens is 424 g/mol. The van der Waals surface area contributed by atoms with Crippen LogP contribution in [-0.4, -0.2) is 5.60 Å². The molecule has 0 fully saturated rings. The van der Waals surface area contributed by atoms with Crippen molar-refractivity contribution in [1.29, 1.82) is 0 Å². The van der Waals surface area contributed by atoms with Gasteiger partial charge in [0.05, 0.1) is 0 Å². The fraction of sp³-hybridized carbons (Fsp3) is 0.471. The van der Waals surface area contributed by atoms with Crippen LogP contribution >= 0.6 is 0 Å². The molecule has 0 heterocycles. The fourth-order valence-electron chi connectivity index (χ4n) is 4.50. The average molecular weight is 471 g/mol. The van der Waals surface area contributed by atoms with E-state index in [2.05, 4.69) is 142 Å². The highest BCUT2D eigenvalue weighted by Crippen LogP contribution is 2.38. The zero-order valence-corrected chi connectivity index (χ0v) is 23.8. The van der Waals surface area contributed by atoms with E-state index in [0.29, 0.717) is 0 Å².